The number of carbonyl (C=O) groups is 1. The van der Waals surface area contributed by atoms with Crippen molar-refractivity contribution in [3.05, 3.63) is 99.5 Å². The molecular formula is C27H16ClNO5. The van der Waals surface area contributed by atoms with Gasteiger partial charge in [0.15, 0.2) is 0 Å². The van der Waals surface area contributed by atoms with Crippen LogP contribution in [0.15, 0.2) is 82.3 Å². The first-order valence-corrected chi connectivity index (χ1v) is 11.0. The summed E-state index contributed by atoms with van der Waals surface area (Å²) in [5.74, 6) is -0.981. The van der Waals surface area contributed by atoms with Gasteiger partial charge < -0.3 is 14.3 Å². The van der Waals surface area contributed by atoms with Crippen molar-refractivity contribution in [2.45, 2.75) is 12.3 Å². The Hall–Kier alpha value is -4.16. The molecule has 1 atom stereocenters. The van der Waals surface area contributed by atoms with Crippen molar-refractivity contribution in [2.75, 3.05) is 0 Å². The lowest BCUT2D eigenvalue weighted by Gasteiger charge is -2.26. The van der Waals surface area contributed by atoms with Crippen LogP contribution in [-0.4, -0.2) is 16.1 Å². The predicted octanol–water partition coefficient (Wildman–Crippen LogP) is 5.81. The second-order valence-electron chi connectivity index (χ2n) is 8.18. The largest absolute Gasteiger partial charge is 0.507 e. The number of hydrogen-bond acceptors (Lipinski definition) is 6. The highest BCUT2D eigenvalue weighted by molar-refractivity contribution is 6.30. The van der Waals surface area contributed by atoms with Crippen LogP contribution >= 0.6 is 11.6 Å². The van der Waals surface area contributed by atoms with Crippen molar-refractivity contribution in [1.82, 2.24) is 4.98 Å². The molecule has 2 aromatic heterocycles. The summed E-state index contributed by atoms with van der Waals surface area (Å²) in [6.45, 7) is 0. The van der Waals surface area contributed by atoms with Gasteiger partial charge in [-0.25, -0.2) is 0 Å². The number of halogens is 1. The summed E-state index contributed by atoms with van der Waals surface area (Å²) < 4.78 is 11.4. The number of pyridine rings is 1. The van der Waals surface area contributed by atoms with E-state index in [4.69, 9.17) is 20.8 Å². The molecular weight excluding hydrogens is 454 g/mol. The van der Waals surface area contributed by atoms with Crippen molar-refractivity contribution in [3.8, 4) is 22.6 Å². The molecule has 6 nitrogen and oxygen atoms in total. The number of phenolic OH excluding ortho intramolecular Hbond substituents is 1. The van der Waals surface area contributed by atoms with Gasteiger partial charge in [-0.15, -0.1) is 0 Å². The lowest BCUT2D eigenvalue weighted by Crippen LogP contribution is -2.22. The van der Waals surface area contributed by atoms with Gasteiger partial charge in [-0.05, 0) is 41.5 Å². The smallest absolute Gasteiger partial charge is 0.312 e. The molecule has 0 amide bonds. The maximum atomic E-state index is 13.4. The van der Waals surface area contributed by atoms with E-state index in [0.717, 1.165) is 16.5 Å². The molecule has 5 aromatic rings. The number of aromatic nitrogens is 1. The number of benzene rings is 3. The number of hydrogen-bond donors (Lipinski definition) is 1. The minimum absolute atomic E-state index is 0.0385. The number of carbonyl (C=O) groups excluding carboxylic acids is 1. The van der Waals surface area contributed by atoms with Crippen LogP contribution in [0.5, 0.6) is 11.5 Å². The van der Waals surface area contributed by atoms with Crippen LogP contribution in [-0.2, 0) is 4.79 Å². The maximum absolute atomic E-state index is 13.4. The van der Waals surface area contributed by atoms with Crippen molar-refractivity contribution < 1.29 is 19.1 Å². The summed E-state index contributed by atoms with van der Waals surface area (Å²) in [7, 11) is 0. The first-order valence-electron chi connectivity index (χ1n) is 10.6. The molecule has 0 radical (unpaired) electrons. The second-order valence-corrected chi connectivity index (χ2v) is 8.62. The van der Waals surface area contributed by atoms with Crippen LogP contribution in [0.1, 0.15) is 23.5 Å². The average Bonchev–Trinajstić information content (AvgIpc) is 2.84. The van der Waals surface area contributed by atoms with Crippen molar-refractivity contribution in [3.63, 3.8) is 0 Å². The standard InChI is InChI=1S/C27H16ClNO5/c28-17-6-3-14(4-7-17)19-13-33-27-24-18(15-5-8-20-16(10-15)2-1-9-29-20)11-23(31)34-22(24)12-21(30)25(27)26(19)32/h1-10,12-13,18,30H,11H2/t18-/m1/s1. The molecule has 0 saturated heterocycles. The number of rotatable bonds is 2. The summed E-state index contributed by atoms with van der Waals surface area (Å²) in [6, 6.07) is 17.6. The molecule has 6 rings (SSSR count). The fraction of sp³-hybridized carbons (Fsp3) is 0.0741. The Morgan fingerprint density at radius 3 is 2.68 bits per heavy atom. The maximum Gasteiger partial charge on any atom is 0.312 e. The Labute approximate surface area is 198 Å². The molecule has 34 heavy (non-hydrogen) atoms. The van der Waals surface area contributed by atoms with Crippen LogP contribution in [0, 0.1) is 0 Å². The molecule has 1 N–H and O–H groups in total. The van der Waals surface area contributed by atoms with Gasteiger partial charge in [0, 0.05) is 34.2 Å². The van der Waals surface area contributed by atoms with E-state index in [0.29, 0.717) is 21.7 Å². The van der Waals surface area contributed by atoms with Gasteiger partial charge in [-0.1, -0.05) is 35.9 Å². The molecule has 0 aliphatic carbocycles. The monoisotopic (exact) mass is 469 g/mol. The molecule has 3 heterocycles. The summed E-state index contributed by atoms with van der Waals surface area (Å²) in [6.07, 6.45) is 3.16. The molecule has 0 bridgehead atoms. The van der Waals surface area contributed by atoms with E-state index in [2.05, 4.69) is 4.98 Å². The number of phenols is 1. The SMILES string of the molecule is O=C1C[C@H](c2ccc3ncccc3c2)c2c(cc(O)c3c(=O)c(-c4ccc(Cl)cc4)coc23)O1. The van der Waals surface area contributed by atoms with Crippen LogP contribution in [0.3, 0.4) is 0 Å². The molecule has 3 aromatic carbocycles. The minimum Gasteiger partial charge on any atom is -0.507 e. The fourth-order valence-corrected chi connectivity index (χ4v) is 4.68. The predicted molar refractivity (Wildman–Crippen MR) is 128 cm³/mol. The third kappa shape index (κ3) is 3.23. The molecule has 0 fully saturated rings. The van der Waals surface area contributed by atoms with Crippen molar-refractivity contribution in [1.29, 1.82) is 0 Å². The molecule has 7 heteroatoms. The summed E-state index contributed by atoms with van der Waals surface area (Å²) in [4.78, 5) is 30.2. The van der Waals surface area contributed by atoms with E-state index in [-0.39, 0.29) is 34.3 Å². The van der Waals surface area contributed by atoms with Gasteiger partial charge in [0.05, 0.1) is 17.5 Å². The van der Waals surface area contributed by atoms with Gasteiger partial charge in [0.1, 0.15) is 28.7 Å². The number of esters is 1. The Morgan fingerprint density at radius 2 is 1.85 bits per heavy atom. The van der Waals surface area contributed by atoms with Crippen molar-refractivity contribution >= 4 is 39.4 Å². The highest BCUT2D eigenvalue weighted by Gasteiger charge is 2.33. The Morgan fingerprint density at radius 1 is 1.03 bits per heavy atom. The first-order chi connectivity index (χ1) is 16.5. The lowest BCUT2D eigenvalue weighted by molar-refractivity contribution is -0.135. The lowest BCUT2D eigenvalue weighted by atomic mass is 9.84. The van der Waals surface area contributed by atoms with Crippen LogP contribution in [0.2, 0.25) is 5.02 Å². The third-order valence-corrected chi connectivity index (χ3v) is 6.41. The third-order valence-electron chi connectivity index (χ3n) is 6.16. The van der Waals surface area contributed by atoms with E-state index in [1.165, 1.54) is 12.3 Å². The summed E-state index contributed by atoms with van der Waals surface area (Å²) >= 11 is 5.97. The van der Waals surface area contributed by atoms with Crippen LogP contribution in [0.4, 0.5) is 0 Å². The molecule has 1 aliphatic rings. The van der Waals surface area contributed by atoms with Gasteiger partial charge >= 0.3 is 5.97 Å². The van der Waals surface area contributed by atoms with Gasteiger partial charge in [0.2, 0.25) is 5.43 Å². The quantitative estimate of drug-likeness (QED) is 0.259. The summed E-state index contributed by atoms with van der Waals surface area (Å²) in [5.41, 5.74) is 2.95. The normalized spacial score (nSPS) is 15.3. The molecule has 1 aliphatic heterocycles. The Bertz CT molecular complexity index is 1670. The average molecular weight is 470 g/mol. The molecule has 0 saturated carbocycles. The Balaban J connectivity index is 1.60. The van der Waals surface area contributed by atoms with Crippen molar-refractivity contribution in [2.24, 2.45) is 0 Å². The number of ether oxygens (including phenoxy) is 1. The minimum atomic E-state index is -0.428. The van der Waals surface area contributed by atoms with E-state index < -0.39 is 11.9 Å². The van der Waals surface area contributed by atoms with Gasteiger partial charge in [-0.3, -0.25) is 14.6 Å². The molecule has 0 unspecified atom stereocenters. The van der Waals surface area contributed by atoms with Gasteiger partial charge in [-0.2, -0.15) is 0 Å². The highest BCUT2D eigenvalue weighted by Crippen LogP contribution is 2.46. The number of fused-ring (bicyclic) bond motifs is 4. The van der Waals surface area contributed by atoms with E-state index in [9.17, 15) is 14.7 Å². The zero-order valence-corrected chi connectivity index (χ0v) is 18.4. The Kier molecular flexibility index (Phi) is 4.64. The second kappa shape index (κ2) is 7.71. The number of aromatic hydroxyl groups is 1. The topological polar surface area (TPSA) is 89.6 Å². The van der Waals surface area contributed by atoms with Crippen LogP contribution in [0.25, 0.3) is 33.0 Å². The van der Waals surface area contributed by atoms with Gasteiger partial charge in [0.25, 0.3) is 0 Å². The van der Waals surface area contributed by atoms with E-state index >= 15 is 0 Å². The number of nitrogens with zero attached hydrogens (tertiary/aromatic N) is 1. The van der Waals surface area contributed by atoms with Crippen LogP contribution < -0.4 is 10.2 Å². The van der Waals surface area contributed by atoms with E-state index in [1.807, 2.05) is 30.3 Å². The fourth-order valence-electron chi connectivity index (χ4n) is 4.56. The first kappa shape index (κ1) is 20.4. The zero-order chi connectivity index (χ0) is 23.4. The highest BCUT2D eigenvalue weighted by atomic mass is 35.5. The van der Waals surface area contributed by atoms with E-state index in [1.54, 1.807) is 30.5 Å². The molecule has 166 valence electrons. The molecule has 0 spiro atoms. The zero-order valence-electron chi connectivity index (χ0n) is 17.6. The summed E-state index contributed by atoms with van der Waals surface area (Å²) in [5, 5.41) is 12.2.